The summed E-state index contributed by atoms with van der Waals surface area (Å²) < 4.78 is 148. The maximum atomic E-state index is 15.0. The molecule has 782 valence electrons. The highest BCUT2D eigenvalue weighted by Gasteiger charge is 2.49. The van der Waals surface area contributed by atoms with Crippen molar-refractivity contribution in [1.29, 1.82) is 0 Å². The van der Waals surface area contributed by atoms with Crippen LogP contribution in [0.15, 0.2) is 94.6 Å². The van der Waals surface area contributed by atoms with E-state index < -0.39 is 280 Å². The lowest BCUT2D eigenvalue weighted by Crippen LogP contribution is -2.35. The van der Waals surface area contributed by atoms with Crippen molar-refractivity contribution in [2.45, 2.75) is 216 Å². The van der Waals surface area contributed by atoms with Crippen molar-refractivity contribution in [2.75, 3.05) is 69.7 Å². The normalized spacial score (nSPS) is 29.8. The fourth-order valence-corrected chi connectivity index (χ4v) is 26.1. The Morgan fingerprint density at radius 3 is 0.937 bits per heavy atom. The lowest BCUT2D eigenvalue weighted by Gasteiger charge is -2.36. The Hall–Kier alpha value is -6.50. The largest absolute Gasteiger partial charge is 0.780 e. The van der Waals surface area contributed by atoms with Gasteiger partial charge in [-0.05, 0) is 41.5 Å². The number of aromatic amines is 3. The highest BCUT2D eigenvalue weighted by atomic mass is 32.7. The van der Waals surface area contributed by atoms with Gasteiger partial charge >= 0.3 is 28.4 Å². The summed E-state index contributed by atoms with van der Waals surface area (Å²) in [4.78, 5) is 230. The molecule has 0 spiro atoms. The van der Waals surface area contributed by atoms with Gasteiger partial charge in [0.2, 0.25) is 0 Å². The van der Waals surface area contributed by atoms with Crippen molar-refractivity contribution in [2.24, 2.45) is 0 Å². The number of nitrogens with two attached hydrogens (primary N) is 4. The summed E-state index contributed by atoms with van der Waals surface area (Å²) >= 11 is 37.9. The molecule has 72 heteroatoms. The molecule has 11 N–H and O–H groups in total. The van der Waals surface area contributed by atoms with Crippen LogP contribution in [0.3, 0.4) is 0 Å². The lowest BCUT2D eigenvalue weighted by atomic mass is 10.2. The first-order valence-corrected chi connectivity index (χ1v) is 60.6. The first-order valence-electron chi connectivity index (χ1n) is 42.7. The number of imidazole rings is 2. The number of nitrogen functional groups attached to an aromatic ring is 4. The molecule has 14 unspecified atom stereocenters. The molecule has 9 aromatic rings. The molecule has 0 saturated carbocycles. The minimum atomic E-state index is -5.03. The summed E-state index contributed by atoms with van der Waals surface area (Å²) in [5, 5.41) is 0. The molecule has 7 aliphatic heterocycles. The quantitative estimate of drug-likeness (QED) is 0.0152. The van der Waals surface area contributed by atoms with Crippen LogP contribution in [0, 0.1) is 34.6 Å². The van der Waals surface area contributed by atoms with Crippen molar-refractivity contribution < 1.29 is 130 Å². The molecule has 58 nitrogen and oxygen atoms in total. The Labute approximate surface area is 840 Å². The van der Waals surface area contributed by atoms with E-state index in [-0.39, 0.29) is 88.0 Å². The molecule has 0 amide bonds. The second-order valence-corrected chi connectivity index (χ2v) is 52.5. The SMILES string of the molecule is COP([O-])(=S)OC1C[C@H](n2cc(C)c(=O)[nH]c2=O)O[C@@H]1COP([O-])(=S)OC1C[C@H](n2cc(C)c(=O)[nH]c2=O)O[C@@H]1COP([O-])(=S)OC1C[C@H](n2cc(C)c(=O)[nH]c2=O)O[C@@H]1COP([O-])(=S)OC1C[C@H](n2cnc3c(N)ncnc32)O[C@@H]1COP([O-])(=S)OC1C[C@H](n2cc(C)c(N)nc2=O)O[C@@H]1COP(=O)([S-])OC1C[C@H](n2cnc3c(N)ncnc32)O[C@@H]1COP([O-])(=S)OC1C[C@H](n2cc(C)c(N)nc2=O)O[C@@H]1C. The van der Waals surface area contributed by atoms with E-state index in [0.717, 1.165) is 44.1 Å². The summed E-state index contributed by atoms with van der Waals surface area (Å²) in [5.74, 6) is -0.163. The first-order chi connectivity index (χ1) is 67.2. The number of anilines is 4. The van der Waals surface area contributed by atoms with Crippen LogP contribution in [0.4, 0.5) is 23.3 Å². The van der Waals surface area contributed by atoms with Crippen molar-refractivity contribution >= 4 is 176 Å². The summed E-state index contributed by atoms with van der Waals surface area (Å²) in [6.45, 7) is -29.8. The van der Waals surface area contributed by atoms with E-state index in [0.29, 0.717) is 11.1 Å². The molecule has 0 aliphatic carbocycles. The van der Waals surface area contributed by atoms with Gasteiger partial charge < -0.3 is 161 Å². The van der Waals surface area contributed by atoms with Crippen LogP contribution >= 0.6 is 47.1 Å². The van der Waals surface area contributed by atoms with Gasteiger partial charge in [-0.2, -0.15) is 9.97 Å². The summed E-state index contributed by atoms with van der Waals surface area (Å²) in [5.41, 5.74) is 18.9. The number of H-pyrrole nitrogens is 3. The van der Waals surface area contributed by atoms with Crippen molar-refractivity contribution in [3.05, 3.63) is 168 Å². The molecule has 0 radical (unpaired) electrons. The predicted octanol–water partition coefficient (Wildman–Crippen LogP) is -2.66. The number of nitrogens with zero attached hydrogens (tertiary/aromatic N) is 15. The fraction of sp³-hybridized carbons (Fsp3) is 0.577. The fourth-order valence-electron chi connectivity index (χ4n) is 16.4. The highest BCUT2D eigenvalue weighted by Crippen LogP contribution is 2.57. The molecule has 7 fully saturated rings. The predicted molar refractivity (Wildman–Crippen MR) is 506 cm³/mol. The van der Waals surface area contributed by atoms with Gasteiger partial charge in [0.1, 0.15) is 156 Å². The third kappa shape index (κ3) is 25.9. The van der Waals surface area contributed by atoms with Crippen LogP contribution in [0.25, 0.3) is 22.3 Å². The second kappa shape index (κ2) is 43.8. The molecule has 28 atom stereocenters. The zero-order chi connectivity index (χ0) is 103. The van der Waals surface area contributed by atoms with Gasteiger partial charge in [-0.15, -0.1) is 0 Å². The van der Waals surface area contributed by atoms with Gasteiger partial charge in [0, 0.05) is 111 Å². The van der Waals surface area contributed by atoms with Gasteiger partial charge in [-0.3, -0.25) is 65.9 Å². The Balaban J connectivity index is 0.607. The molecule has 9 aromatic heterocycles. The number of aryl methyl sites for hydroxylation is 5. The maximum Gasteiger partial charge on any atom is 0.351 e. The molecular formula is C71H88N22O36P7S7-7. The molecule has 0 aromatic carbocycles. The van der Waals surface area contributed by atoms with Crippen LogP contribution in [-0.4, -0.2) is 219 Å². The molecule has 0 bridgehead atoms. The molecule has 7 saturated heterocycles. The third-order valence-corrected chi connectivity index (χ3v) is 34.7. The Kier molecular flexibility index (Phi) is 33.5. The van der Waals surface area contributed by atoms with Crippen LogP contribution in [-0.2, 0) is 184 Å². The number of aromatic nitrogens is 18. The Bertz CT molecular complexity index is 7230. The van der Waals surface area contributed by atoms with Crippen LogP contribution < -0.4 is 97.4 Å². The van der Waals surface area contributed by atoms with Gasteiger partial charge in [0.05, 0.1) is 101 Å². The topological polar surface area (TPSA) is 775 Å². The summed E-state index contributed by atoms with van der Waals surface area (Å²) in [6, 6.07) is 0. The number of hydrogen-bond donors (Lipinski definition) is 7. The van der Waals surface area contributed by atoms with Crippen molar-refractivity contribution in [3.8, 4) is 0 Å². The van der Waals surface area contributed by atoms with Crippen LogP contribution in [0.1, 0.15) is 123 Å². The third-order valence-electron chi connectivity index (χ3n) is 23.6. The summed E-state index contributed by atoms with van der Waals surface area (Å²) in [6.07, 6.45) is -19.6. The smallest absolute Gasteiger partial charge is 0.351 e. The molecule has 7 aliphatic rings. The lowest BCUT2D eigenvalue weighted by molar-refractivity contribution is -0.221. The first kappa shape index (κ1) is 109. The van der Waals surface area contributed by atoms with E-state index in [4.69, 9.17) is 203 Å². The van der Waals surface area contributed by atoms with E-state index >= 15 is 0 Å². The van der Waals surface area contributed by atoms with E-state index in [9.17, 15) is 72.3 Å². The Morgan fingerprint density at radius 1 is 0.364 bits per heavy atom. The number of rotatable bonds is 40. The standard InChI is InChI=1S/C71H95N22O36P7S7/c1-30-15-87(67(97)82-58(30)72)49-8-36(35(6)116-49)123-131(103,138)110-24-47-41(13-54(121-47)92-28-80-56-60(74)76-26-78-62(56)92)128-135(107,142)113-21-44-38(10-50(118-44)88-16-31(2)59(73)83-68(88)98)125-134(106,141)115-25-48-42(14-55(122-48)93-29-81-57-61(75)77-27-79-63(57)93)129-136(108,143)114-23-46-40(12-53(120-46)91-19-34(5)66(96)86-71(91)101)127-133(105,140)112-22-45-39(11-52(119-45)90-18-33(4)65(95)85-70(90)100)126-132(104,139)111-20-43-37(124-130(102,137)109-7)9-51(117-43)89-17-32(3)64(94)84-69(89)99/h15-19,26-29,35-55H,8-14,20-25H2,1-7H3,(H,102,137)(H,103,138)(H,104,139)(H,105,140)(H,106,141)(H,107,142)(H,108,143)(H2,72,82,97)(H2,73,83,98)(H2,74,76,78)(H2,75,77,79)(H,84,94,99)(H,85,95,100)(H,86,96,101)/p-7/t35-,36?,37?,38?,39?,40?,41?,42?,43-,44-,45-,46-,47-,48-,49-,50-,51-,52-,53-,54-,55-,130?,131?,132?,133?,134?,135?,136?/m1/s1. The van der Waals surface area contributed by atoms with Gasteiger partial charge in [-0.25, -0.2) is 53.9 Å². The summed E-state index contributed by atoms with van der Waals surface area (Å²) in [7, 11) is 1.01. The van der Waals surface area contributed by atoms with E-state index in [1.165, 1.54) is 79.0 Å². The number of fused-ring (bicyclic) bond motifs is 2. The van der Waals surface area contributed by atoms with E-state index in [2.05, 4.69) is 54.8 Å². The number of ether oxygens (including phenoxy) is 7. The van der Waals surface area contributed by atoms with Crippen molar-refractivity contribution in [3.63, 3.8) is 0 Å². The molecule has 143 heavy (non-hydrogen) atoms. The Morgan fingerprint density at radius 2 is 0.622 bits per heavy atom. The van der Waals surface area contributed by atoms with E-state index in [1.807, 2.05) is 0 Å². The van der Waals surface area contributed by atoms with Crippen molar-refractivity contribution in [1.82, 2.24) is 86.8 Å². The maximum absolute atomic E-state index is 15.0. The number of hydrogen-bond acceptors (Lipinski definition) is 55. The van der Waals surface area contributed by atoms with Gasteiger partial charge in [0.15, 0.2) is 29.7 Å². The average Bonchev–Trinajstić information content (AvgIpc) is 1.65. The molecular weight excluding hydrogens is 2180 g/mol. The minimum Gasteiger partial charge on any atom is -0.780 e. The number of nitrogens with one attached hydrogen (secondary N) is 3. The van der Waals surface area contributed by atoms with E-state index in [1.54, 1.807) is 13.8 Å². The van der Waals surface area contributed by atoms with Gasteiger partial charge in [0.25, 0.3) is 16.7 Å². The average molecular weight is 2270 g/mol. The molecule has 16 rings (SSSR count). The monoisotopic (exact) mass is 2270 g/mol. The van der Waals surface area contributed by atoms with Crippen LogP contribution in [0.2, 0.25) is 0 Å². The zero-order valence-electron chi connectivity index (χ0n) is 75.2. The van der Waals surface area contributed by atoms with Crippen LogP contribution in [0.5, 0.6) is 0 Å². The zero-order valence-corrected chi connectivity index (χ0v) is 87.2. The minimum absolute atomic E-state index is 0.00476. The van der Waals surface area contributed by atoms with Gasteiger partial charge in [-0.1, -0.05) is 70.8 Å². The highest BCUT2D eigenvalue weighted by molar-refractivity contribution is 8.32. The molecule has 16 heterocycles. The second-order valence-electron chi connectivity index (χ2n) is 33.4.